The third-order valence-electron chi connectivity index (χ3n) is 5.27. The van der Waals surface area contributed by atoms with Crippen molar-refractivity contribution in [1.29, 1.82) is 0 Å². The first-order valence-electron chi connectivity index (χ1n) is 8.99. The highest BCUT2D eigenvalue weighted by molar-refractivity contribution is 14.0. The van der Waals surface area contributed by atoms with E-state index in [0.29, 0.717) is 5.41 Å². The number of hydrogen-bond donors (Lipinski definition) is 2. The van der Waals surface area contributed by atoms with E-state index >= 15 is 0 Å². The number of aromatic nitrogens is 3. The SMILES string of the molecule is CCC1(CNC(=NC)NCCCc2nnc3ccccn23)CCC1.I. The monoisotopic (exact) mass is 456 g/mol. The quantitative estimate of drug-likeness (QED) is 0.291. The molecule has 25 heavy (non-hydrogen) atoms. The second kappa shape index (κ2) is 9.35. The van der Waals surface area contributed by atoms with Crippen LogP contribution in [0.4, 0.5) is 0 Å². The van der Waals surface area contributed by atoms with Gasteiger partial charge in [-0.3, -0.25) is 9.39 Å². The Kier molecular flexibility index (Phi) is 7.46. The molecule has 3 rings (SSSR count). The summed E-state index contributed by atoms with van der Waals surface area (Å²) in [5, 5.41) is 15.4. The van der Waals surface area contributed by atoms with Gasteiger partial charge in [-0.1, -0.05) is 19.4 Å². The fraction of sp³-hybridized carbons (Fsp3) is 0.611. The lowest BCUT2D eigenvalue weighted by molar-refractivity contribution is 0.131. The number of halogens is 1. The van der Waals surface area contributed by atoms with Gasteiger partial charge in [-0.2, -0.15) is 0 Å². The smallest absolute Gasteiger partial charge is 0.190 e. The Hall–Kier alpha value is -1.38. The zero-order valence-corrected chi connectivity index (χ0v) is 17.5. The maximum atomic E-state index is 4.33. The van der Waals surface area contributed by atoms with Gasteiger partial charge < -0.3 is 10.6 Å². The molecule has 0 aromatic carbocycles. The summed E-state index contributed by atoms with van der Waals surface area (Å²) in [7, 11) is 1.83. The highest BCUT2D eigenvalue weighted by Crippen LogP contribution is 2.42. The van der Waals surface area contributed by atoms with Crippen LogP contribution in [0.2, 0.25) is 0 Å². The summed E-state index contributed by atoms with van der Waals surface area (Å²) < 4.78 is 2.05. The van der Waals surface area contributed by atoms with E-state index in [9.17, 15) is 0 Å². The van der Waals surface area contributed by atoms with Crippen LogP contribution >= 0.6 is 24.0 Å². The van der Waals surface area contributed by atoms with E-state index in [4.69, 9.17) is 0 Å². The van der Waals surface area contributed by atoms with Crippen LogP contribution in [-0.2, 0) is 6.42 Å². The van der Waals surface area contributed by atoms with Crippen molar-refractivity contribution in [3.8, 4) is 0 Å². The molecule has 1 aliphatic rings. The Morgan fingerprint density at radius 3 is 2.80 bits per heavy atom. The summed E-state index contributed by atoms with van der Waals surface area (Å²) >= 11 is 0. The Morgan fingerprint density at radius 2 is 2.12 bits per heavy atom. The van der Waals surface area contributed by atoms with E-state index in [1.807, 2.05) is 31.4 Å². The van der Waals surface area contributed by atoms with Gasteiger partial charge in [-0.15, -0.1) is 34.2 Å². The molecule has 0 unspecified atom stereocenters. The van der Waals surface area contributed by atoms with Crippen molar-refractivity contribution in [2.45, 2.75) is 45.4 Å². The van der Waals surface area contributed by atoms with Crippen LogP contribution in [0.1, 0.15) is 44.9 Å². The first-order chi connectivity index (χ1) is 11.8. The van der Waals surface area contributed by atoms with E-state index in [1.165, 1.54) is 25.7 Å². The van der Waals surface area contributed by atoms with Crippen LogP contribution in [0, 0.1) is 5.41 Å². The molecule has 0 aliphatic heterocycles. The van der Waals surface area contributed by atoms with Gasteiger partial charge in [0.1, 0.15) is 5.82 Å². The number of guanidine groups is 1. The van der Waals surface area contributed by atoms with Gasteiger partial charge in [-0.25, -0.2) is 0 Å². The number of nitrogens with one attached hydrogen (secondary N) is 2. The molecule has 1 aliphatic carbocycles. The Morgan fingerprint density at radius 1 is 1.28 bits per heavy atom. The molecule has 1 saturated carbocycles. The molecule has 0 radical (unpaired) electrons. The van der Waals surface area contributed by atoms with Crippen LogP contribution < -0.4 is 10.6 Å². The van der Waals surface area contributed by atoms with Gasteiger partial charge >= 0.3 is 0 Å². The van der Waals surface area contributed by atoms with Crippen LogP contribution in [0.25, 0.3) is 5.65 Å². The van der Waals surface area contributed by atoms with Gasteiger partial charge in [0.25, 0.3) is 0 Å². The number of nitrogens with zero attached hydrogens (tertiary/aromatic N) is 4. The standard InChI is InChI=1S/C18H28N6.HI/c1-3-18(10-7-11-18)14-21-17(19-2)20-12-6-9-16-23-22-15-8-4-5-13-24(15)16;/h4-5,8,13H,3,6-7,9-12,14H2,1-2H3,(H2,19,20,21);1H. The molecule has 7 heteroatoms. The summed E-state index contributed by atoms with van der Waals surface area (Å²) in [6.45, 7) is 4.19. The molecule has 0 spiro atoms. The maximum Gasteiger partial charge on any atom is 0.190 e. The number of fused-ring (bicyclic) bond motifs is 1. The molecule has 0 bridgehead atoms. The second-order valence-corrected chi connectivity index (χ2v) is 6.71. The van der Waals surface area contributed by atoms with E-state index in [-0.39, 0.29) is 24.0 Å². The van der Waals surface area contributed by atoms with E-state index in [1.54, 1.807) is 0 Å². The van der Waals surface area contributed by atoms with Crippen LogP contribution in [0.5, 0.6) is 0 Å². The third kappa shape index (κ3) is 4.83. The van der Waals surface area contributed by atoms with Gasteiger partial charge in [0.05, 0.1) is 0 Å². The fourth-order valence-electron chi connectivity index (χ4n) is 3.34. The van der Waals surface area contributed by atoms with Crippen LogP contribution in [0.3, 0.4) is 0 Å². The normalized spacial score (nSPS) is 16.2. The van der Waals surface area contributed by atoms with Crippen molar-refractivity contribution in [3.63, 3.8) is 0 Å². The van der Waals surface area contributed by atoms with Gasteiger partial charge in [0, 0.05) is 32.8 Å². The summed E-state index contributed by atoms with van der Waals surface area (Å²) in [6.07, 6.45) is 9.20. The lowest BCUT2D eigenvalue weighted by atomic mass is 9.67. The van der Waals surface area contributed by atoms with Crippen molar-refractivity contribution in [3.05, 3.63) is 30.2 Å². The second-order valence-electron chi connectivity index (χ2n) is 6.71. The molecular weight excluding hydrogens is 427 g/mol. The first kappa shape index (κ1) is 19.9. The van der Waals surface area contributed by atoms with Crippen LogP contribution in [0.15, 0.2) is 29.4 Å². The molecule has 2 aromatic rings. The van der Waals surface area contributed by atoms with Gasteiger partial charge in [0.15, 0.2) is 11.6 Å². The summed E-state index contributed by atoms with van der Waals surface area (Å²) in [5.74, 6) is 1.91. The molecule has 138 valence electrons. The van der Waals surface area contributed by atoms with Crippen molar-refractivity contribution in [2.24, 2.45) is 10.4 Å². The van der Waals surface area contributed by atoms with Gasteiger partial charge in [0.2, 0.25) is 0 Å². The minimum atomic E-state index is 0. The molecule has 0 saturated heterocycles. The summed E-state index contributed by atoms with van der Waals surface area (Å²) in [5.41, 5.74) is 1.40. The average molecular weight is 456 g/mol. The molecule has 2 heterocycles. The predicted molar refractivity (Wildman–Crippen MR) is 113 cm³/mol. The number of aryl methyl sites for hydroxylation is 1. The Balaban J connectivity index is 0.00000225. The Bertz CT molecular complexity index is 686. The van der Waals surface area contributed by atoms with Crippen molar-refractivity contribution in [1.82, 2.24) is 25.2 Å². The molecule has 2 N–H and O–H groups in total. The van der Waals surface area contributed by atoms with Gasteiger partial charge in [-0.05, 0) is 43.2 Å². The van der Waals surface area contributed by atoms with Crippen molar-refractivity contribution >= 4 is 35.6 Å². The largest absolute Gasteiger partial charge is 0.356 e. The number of pyridine rings is 1. The number of aliphatic imine (C=N–C) groups is 1. The molecular formula is C18H29IN6. The van der Waals surface area contributed by atoms with E-state index in [0.717, 1.165) is 43.4 Å². The van der Waals surface area contributed by atoms with Crippen molar-refractivity contribution < 1.29 is 0 Å². The van der Waals surface area contributed by atoms with E-state index in [2.05, 4.69) is 37.1 Å². The minimum absolute atomic E-state index is 0. The highest BCUT2D eigenvalue weighted by atomic mass is 127. The topological polar surface area (TPSA) is 66.6 Å². The third-order valence-corrected chi connectivity index (χ3v) is 5.27. The molecule has 0 atom stereocenters. The lowest BCUT2D eigenvalue weighted by Gasteiger charge is -2.41. The molecule has 6 nitrogen and oxygen atoms in total. The van der Waals surface area contributed by atoms with Crippen molar-refractivity contribution in [2.75, 3.05) is 20.1 Å². The fourth-order valence-corrected chi connectivity index (χ4v) is 3.34. The zero-order valence-electron chi connectivity index (χ0n) is 15.2. The zero-order chi connectivity index (χ0) is 16.8. The minimum Gasteiger partial charge on any atom is -0.356 e. The Labute approximate surface area is 166 Å². The summed E-state index contributed by atoms with van der Waals surface area (Å²) in [6, 6.07) is 5.97. The number of hydrogen-bond acceptors (Lipinski definition) is 3. The lowest BCUT2D eigenvalue weighted by Crippen LogP contribution is -2.46. The van der Waals surface area contributed by atoms with Crippen LogP contribution in [-0.4, -0.2) is 40.7 Å². The molecule has 1 fully saturated rings. The predicted octanol–water partition coefficient (Wildman–Crippen LogP) is 3.03. The first-order valence-corrected chi connectivity index (χ1v) is 8.99. The molecule has 2 aromatic heterocycles. The summed E-state index contributed by atoms with van der Waals surface area (Å²) in [4.78, 5) is 4.33. The van der Waals surface area contributed by atoms with E-state index < -0.39 is 0 Å². The average Bonchev–Trinajstić information content (AvgIpc) is 2.99. The maximum absolute atomic E-state index is 4.33. The highest BCUT2D eigenvalue weighted by Gasteiger charge is 2.34. The molecule has 0 amide bonds. The number of rotatable bonds is 7.